The van der Waals surface area contributed by atoms with Crippen molar-refractivity contribution in [1.29, 1.82) is 0 Å². The van der Waals surface area contributed by atoms with Crippen LogP contribution in [-0.2, 0) is 17.5 Å². The van der Waals surface area contributed by atoms with E-state index in [1.165, 1.54) is 24.3 Å². The zero-order chi connectivity index (χ0) is 20.7. The molecule has 0 aliphatic rings. The predicted octanol–water partition coefficient (Wildman–Crippen LogP) is 4.63. The monoisotopic (exact) mass is 401 g/mol. The number of halogens is 3. The molecule has 0 atom stereocenters. The number of aromatic nitrogens is 2. The van der Waals surface area contributed by atoms with Gasteiger partial charge in [0.05, 0.1) is 12.1 Å². The van der Waals surface area contributed by atoms with Crippen molar-refractivity contribution >= 4 is 17.7 Å². The molecule has 0 aliphatic carbocycles. The minimum atomic E-state index is -4.43. The van der Waals surface area contributed by atoms with Crippen molar-refractivity contribution in [3.05, 3.63) is 84.2 Å². The van der Waals surface area contributed by atoms with E-state index in [0.717, 1.165) is 12.1 Å². The smallest absolute Gasteiger partial charge is 0.416 e. The molecule has 2 aromatic carbocycles. The number of nitrogens with zero attached hydrogens (tertiary/aromatic N) is 2. The Hall–Kier alpha value is -3.55. The number of hydrogen-bond acceptors (Lipinski definition) is 3. The minimum Gasteiger partial charge on any atom is -0.492 e. The Morgan fingerprint density at radius 3 is 2.72 bits per heavy atom. The molecular weight excluding hydrogens is 383 g/mol. The summed E-state index contributed by atoms with van der Waals surface area (Å²) in [6.07, 6.45) is 1.60. The van der Waals surface area contributed by atoms with E-state index in [-0.39, 0.29) is 5.56 Å². The lowest BCUT2D eigenvalue weighted by Gasteiger charge is -2.09. The van der Waals surface area contributed by atoms with Gasteiger partial charge in [-0.1, -0.05) is 18.2 Å². The van der Waals surface area contributed by atoms with Gasteiger partial charge in [0.15, 0.2) is 0 Å². The molecule has 0 unspecified atom stereocenters. The molecule has 1 N–H and O–H groups in total. The SMILES string of the molecule is O=C(C=Cc1cccc(C(F)(F)F)c1)Nc1cccc(OCCn2cccn2)c1. The molecule has 29 heavy (non-hydrogen) atoms. The highest BCUT2D eigenvalue weighted by molar-refractivity contribution is 6.02. The van der Waals surface area contributed by atoms with Crippen LogP contribution in [-0.4, -0.2) is 22.3 Å². The Kier molecular flexibility index (Phi) is 6.33. The molecule has 150 valence electrons. The molecule has 0 radical (unpaired) electrons. The quantitative estimate of drug-likeness (QED) is 0.587. The van der Waals surface area contributed by atoms with E-state index in [4.69, 9.17) is 4.74 Å². The molecule has 0 saturated heterocycles. The molecular formula is C21H18F3N3O2. The van der Waals surface area contributed by atoms with Gasteiger partial charge in [-0.15, -0.1) is 0 Å². The van der Waals surface area contributed by atoms with Crippen LogP contribution >= 0.6 is 0 Å². The first-order valence-electron chi connectivity index (χ1n) is 8.77. The van der Waals surface area contributed by atoms with Gasteiger partial charge in [0.25, 0.3) is 0 Å². The van der Waals surface area contributed by atoms with Gasteiger partial charge < -0.3 is 10.1 Å². The van der Waals surface area contributed by atoms with E-state index in [0.29, 0.717) is 24.6 Å². The fraction of sp³-hybridized carbons (Fsp3) is 0.143. The van der Waals surface area contributed by atoms with Crippen LogP contribution in [0.3, 0.4) is 0 Å². The predicted molar refractivity (Wildman–Crippen MR) is 103 cm³/mol. The van der Waals surface area contributed by atoms with E-state index < -0.39 is 17.6 Å². The van der Waals surface area contributed by atoms with Crippen molar-refractivity contribution < 1.29 is 22.7 Å². The standard InChI is InChI=1S/C21H18F3N3O2/c22-21(23,24)17-5-1-4-16(14-17)8-9-20(28)26-18-6-2-7-19(15-18)29-13-12-27-11-3-10-25-27/h1-11,14-15H,12-13H2,(H,26,28). The van der Waals surface area contributed by atoms with Crippen LogP contribution in [0, 0.1) is 0 Å². The first-order chi connectivity index (χ1) is 13.9. The van der Waals surface area contributed by atoms with Crippen molar-refractivity contribution in [1.82, 2.24) is 9.78 Å². The van der Waals surface area contributed by atoms with Crippen LogP contribution in [0.25, 0.3) is 6.08 Å². The first kappa shape index (κ1) is 20.2. The zero-order valence-electron chi connectivity index (χ0n) is 15.3. The molecule has 0 fully saturated rings. The van der Waals surface area contributed by atoms with Crippen molar-refractivity contribution in [2.45, 2.75) is 12.7 Å². The lowest BCUT2D eigenvalue weighted by molar-refractivity contribution is -0.137. The third-order valence-corrected chi connectivity index (χ3v) is 3.89. The summed E-state index contributed by atoms with van der Waals surface area (Å²) in [6, 6.07) is 13.4. The van der Waals surface area contributed by atoms with Gasteiger partial charge in [-0.2, -0.15) is 18.3 Å². The molecule has 0 bridgehead atoms. The topological polar surface area (TPSA) is 56.1 Å². The van der Waals surface area contributed by atoms with Crippen molar-refractivity contribution in [2.24, 2.45) is 0 Å². The van der Waals surface area contributed by atoms with Gasteiger partial charge in [-0.05, 0) is 42.0 Å². The van der Waals surface area contributed by atoms with Crippen LogP contribution in [0.2, 0.25) is 0 Å². The minimum absolute atomic E-state index is 0.283. The summed E-state index contributed by atoms with van der Waals surface area (Å²) in [4.78, 5) is 12.1. The number of alkyl halides is 3. The van der Waals surface area contributed by atoms with Gasteiger partial charge in [0.2, 0.25) is 5.91 Å². The summed E-state index contributed by atoms with van der Waals surface area (Å²) >= 11 is 0. The maximum absolute atomic E-state index is 12.7. The Bertz CT molecular complexity index is 983. The van der Waals surface area contributed by atoms with Crippen LogP contribution in [0.1, 0.15) is 11.1 Å². The Morgan fingerprint density at radius 2 is 1.97 bits per heavy atom. The normalized spacial score (nSPS) is 11.6. The number of anilines is 1. The van der Waals surface area contributed by atoms with Crippen LogP contribution in [0.5, 0.6) is 5.75 Å². The highest BCUT2D eigenvalue weighted by Crippen LogP contribution is 2.29. The highest BCUT2D eigenvalue weighted by atomic mass is 19.4. The largest absolute Gasteiger partial charge is 0.492 e. The molecule has 0 saturated carbocycles. The zero-order valence-corrected chi connectivity index (χ0v) is 15.3. The molecule has 3 aromatic rings. The summed E-state index contributed by atoms with van der Waals surface area (Å²) in [6.45, 7) is 0.998. The van der Waals surface area contributed by atoms with E-state index in [1.54, 1.807) is 35.1 Å². The van der Waals surface area contributed by atoms with Gasteiger partial charge in [0, 0.05) is 30.2 Å². The Balaban J connectivity index is 1.55. The highest BCUT2D eigenvalue weighted by Gasteiger charge is 2.30. The number of benzene rings is 2. The molecule has 3 rings (SSSR count). The number of carbonyl (C=O) groups excluding carboxylic acids is 1. The van der Waals surface area contributed by atoms with Gasteiger partial charge in [0.1, 0.15) is 12.4 Å². The molecule has 1 amide bonds. The molecule has 5 nitrogen and oxygen atoms in total. The Labute approximate surface area is 165 Å². The van der Waals surface area contributed by atoms with Crippen LogP contribution in [0.15, 0.2) is 73.1 Å². The molecule has 0 spiro atoms. The maximum Gasteiger partial charge on any atom is 0.416 e. The van der Waals surface area contributed by atoms with Gasteiger partial charge in [-0.3, -0.25) is 9.48 Å². The third kappa shape index (κ3) is 6.24. The third-order valence-electron chi connectivity index (χ3n) is 3.89. The first-order valence-corrected chi connectivity index (χ1v) is 8.77. The number of amides is 1. The lowest BCUT2D eigenvalue weighted by Crippen LogP contribution is -2.10. The summed E-state index contributed by atoms with van der Waals surface area (Å²) in [5, 5.41) is 6.73. The molecule has 1 heterocycles. The van der Waals surface area contributed by atoms with Gasteiger partial charge >= 0.3 is 6.18 Å². The molecule has 1 aromatic heterocycles. The number of rotatable bonds is 7. The second-order valence-electron chi connectivity index (χ2n) is 6.09. The summed E-state index contributed by atoms with van der Waals surface area (Å²) in [5.74, 6) is 0.118. The second-order valence-corrected chi connectivity index (χ2v) is 6.09. The number of carbonyl (C=O) groups is 1. The van der Waals surface area contributed by atoms with E-state index in [1.807, 2.05) is 12.3 Å². The number of ether oxygens (including phenoxy) is 1. The van der Waals surface area contributed by atoms with Crippen LogP contribution in [0.4, 0.5) is 18.9 Å². The fourth-order valence-corrected chi connectivity index (χ4v) is 2.53. The number of nitrogens with one attached hydrogen (secondary N) is 1. The van der Waals surface area contributed by atoms with Crippen molar-refractivity contribution in [3.63, 3.8) is 0 Å². The van der Waals surface area contributed by atoms with Gasteiger partial charge in [-0.25, -0.2) is 0 Å². The Morgan fingerprint density at radius 1 is 1.14 bits per heavy atom. The average Bonchev–Trinajstić information content (AvgIpc) is 3.20. The number of hydrogen-bond donors (Lipinski definition) is 1. The maximum atomic E-state index is 12.7. The van der Waals surface area contributed by atoms with Crippen molar-refractivity contribution in [2.75, 3.05) is 11.9 Å². The van der Waals surface area contributed by atoms with Crippen molar-refractivity contribution in [3.8, 4) is 5.75 Å². The van der Waals surface area contributed by atoms with Crippen LogP contribution < -0.4 is 10.1 Å². The van der Waals surface area contributed by atoms with E-state index >= 15 is 0 Å². The van der Waals surface area contributed by atoms with E-state index in [9.17, 15) is 18.0 Å². The molecule has 8 heteroatoms. The summed E-state index contributed by atoms with van der Waals surface area (Å²) in [7, 11) is 0. The summed E-state index contributed by atoms with van der Waals surface area (Å²) in [5.41, 5.74) is 0.0333. The fourth-order valence-electron chi connectivity index (χ4n) is 2.53. The van der Waals surface area contributed by atoms with E-state index in [2.05, 4.69) is 10.4 Å². The summed E-state index contributed by atoms with van der Waals surface area (Å²) < 4.78 is 45.6. The molecule has 0 aliphatic heterocycles. The average molecular weight is 401 g/mol. The second kappa shape index (κ2) is 9.09. The lowest BCUT2D eigenvalue weighted by atomic mass is 10.1.